The van der Waals surface area contributed by atoms with E-state index in [9.17, 15) is 4.79 Å². The number of carbonyl (C=O) groups excluding carboxylic acids is 1. The van der Waals surface area contributed by atoms with Crippen molar-refractivity contribution in [3.63, 3.8) is 0 Å². The summed E-state index contributed by atoms with van der Waals surface area (Å²) in [6.45, 7) is 2.16. The van der Waals surface area contributed by atoms with Crippen molar-refractivity contribution >= 4 is 5.91 Å². The van der Waals surface area contributed by atoms with Crippen LogP contribution in [0.3, 0.4) is 0 Å². The Bertz CT molecular complexity index is 223. The number of azide groups is 1. The van der Waals surface area contributed by atoms with Crippen LogP contribution in [0, 0.1) is 0 Å². The predicted octanol–water partition coefficient (Wildman–Crippen LogP) is 2.90. The molecule has 2 N–H and O–H groups in total. The van der Waals surface area contributed by atoms with Crippen molar-refractivity contribution < 1.29 is 4.79 Å². The molecule has 0 aliphatic carbocycles. The molecule has 0 radical (unpaired) electrons. The first-order valence-electron chi connectivity index (χ1n) is 5.53. The molecule has 0 bridgehead atoms. The molecule has 0 saturated carbocycles. The van der Waals surface area contributed by atoms with Crippen LogP contribution >= 0.6 is 0 Å². The molecule has 0 aromatic carbocycles. The molecule has 1 atom stereocenters. The van der Waals surface area contributed by atoms with Crippen LogP contribution in [0.2, 0.25) is 0 Å². The minimum atomic E-state index is -0.402. The van der Waals surface area contributed by atoms with Crippen LogP contribution in [0.15, 0.2) is 5.11 Å². The summed E-state index contributed by atoms with van der Waals surface area (Å²) in [6, 6.07) is -0.255. The van der Waals surface area contributed by atoms with Crippen molar-refractivity contribution in [1.29, 1.82) is 0 Å². The van der Waals surface area contributed by atoms with Gasteiger partial charge in [0.15, 0.2) is 0 Å². The van der Waals surface area contributed by atoms with Crippen molar-refractivity contribution in [1.82, 2.24) is 0 Å². The Morgan fingerprint density at radius 3 is 2.60 bits per heavy atom. The van der Waals surface area contributed by atoms with Gasteiger partial charge in [-0.15, -0.1) is 0 Å². The van der Waals surface area contributed by atoms with E-state index in [1.165, 1.54) is 19.3 Å². The molecule has 5 nitrogen and oxygen atoms in total. The molecule has 15 heavy (non-hydrogen) atoms. The molecule has 0 aliphatic rings. The van der Waals surface area contributed by atoms with Crippen LogP contribution < -0.4 is 5.73 Å². The summed E-state index contributed by atoms with van der Waals surface area (Å²) in [5.41, 5.74) is 13.3. The Balaban J connectivity index is 3.66. The van der Waals surface area contributed by atoms with Gasteiger partial charge in [0, 0.05) is 17.4 Å². The molecule has 0 unspecified atom stereocenters. The molecule has 0 heterocycles. The van der Waals surface area contributed by atoms with Crippen LogP contribution in [0.4, 0.5) is 0 Å². The van der Waals surface area contributed by atoms with Gasteiger partial charge in [-0.05, 0) is 12.0 Å². The molecule has 5 heteroatoms. The van der Waals surface area contributed by atoms with E-state index < -0.39 is 5.91 Å². The Morgan fingerprint density at radius 2 is 2.07 bits per heavy atom. The monoisotopic (exact) mass is 212 g/mol. The van der Waals surface area contributed by atoms with Crippen molar-refractivity contribution in [3.05, 3.63) is 10.4 Å². The average Bonchev–Trinajstić information content (AvgIpc) is 2.17. The fraction of sp³-hybridized carbons (Fsp3) is 0.900. The van der Waals surface area contributed by atoms with Gasteiger partial charge in [0.2, 0.25) is 5.91 Å². The second-order valence-electron chi connectivity index (χ2n) is 3.73. The minimum absolute atomic E-state index is 0.165. The lowest BCUT2D eigenvalue weighted by Crippen LogP contribution is -2.18. The normalized spacial score (nSPS) is 11.8. The maximum atomic E-state index is 10.7. The van der Waals surface area contributed by atoms with E-state index in [-0.39, 0.29) is 12.5 Å². The van der Waals surface area contributed by atoms with Crippen LogP contribution in [0.25, 0.3) is 10.4 Å². The summed E-state index contributed by atoms with van der Waals surface area (Å²) in [6.07, 6.45) is 6.70. The van der Waals surface area contributed by atoms with E-state index in [1.54, 1.807) is 0 Å². The first-order chi connectivity index (χ1) is 7.20. The molecule has 86 valence electrons. The van der Waals surface area contributed by atoms with Gasteiger partial charge in [0.1, 0.15) is 0 Å². The molecule has 1 amide bonds. The van der Waals surface area contributed by atoms with Crippen LogP contribution in [-0.4, -0.2) is 11.9 Å². The van der Waals surface area contributed by atoms with E-state index in [2.05, 4.69) is 16.9 Å². The second-order valence-corrected chi connectivity index (χ2v) is 3.73. The quantitative estimate of drug-likeness (QED) is 0.270. The number of hydrogen-bond donors (Lipinski definition) is 1. The molecule has 0 fully saturated rings. The standard InChI is InChI=1S/C10H20N4O/c1-2-3-4-5-6-7-9(13-14-12)8-10(11)15/h9H,2-8H2,1H3,(H2,11,15)/t9-/m0/s1. The lowest BCUT2D eigenvalue weighted by atomic mass is 10.0. The summed E-state index contributed by atoms with van der Waals surface area (Å²) >= 11 is 0. The maximum Gasteiger partial charge on any atom is 0.217 e. The van der Waals surface area contributed by atoms with Gasteiger partial charge in [-0.2, -0.15) is 0 Å². The number of nitrogens with zero attached hydrogens (tertiary/aromatic N) is 3. The van der Waals surface area contributed by atoms with Gasteiger partial charge >= 0.3 is 0 Å². The molecular formula is C10H20N4O. The zero-order valence-corrected chi connectivity index (χ0v) is 9.35. The highest BCUT2D eigenvalue weighted by Gasteiger charge is 2.09. The zero-order chi connectivity index (χ0) is 11.5. The summed E-state index contributed by atoms with van der Waals surface area (Å²) in [5, 5.41) is 3.56. The van der Waals surface area contributed by atoms with Gasteiger partial charge < -0.3 is 5.73 Å². The fourth-order valence-corrected chi connectivity index (χ4v) is 1.49. The second kappa shape index (κ2) is 9.34. The molecule has 0 rings (SSSR count). The highest BCUT2D eigenvalue weighted by atomic mass is 16.1. The first kappa shape index (κ1) is 13.8. The number of unbranched alkanes of at least 4 members (excludes halogenated alkanes) is 4. The van der Waals surface area contributed by atoms with Crippen LogP contribution in [0.1, 0.15) is 51.9 Å². The number of nitrogens with two attached hydrogens (primary N) is 1. The fourth-order valence-electron chi connectivity index (χ4n) is 1.49. The van der Waals surface area contributed by atoms with E-state index in [4.69, 9.17) is 11.3 Å². The summed E-state index contributed by atoms with van der Waals surface area (Å²) in [7, 11) is 0. The summed E-state index contributed by atoms with van der Waals surface area (Å²) < 4.78 is 0. The molecule has 0 spiro atoms. The molecule has 0 saturated heterocycles. The van der Waals surface area contributed by atoms with E-state index in [0.717, 1.165) is 19.3 Å². The summed E-state index contributed by atoms with van der Waals surface area (Å²) in [4.78, 5) is 13.4. The van der Waals surface area contributed by atoms with Crippen molar-refractivity contribution in [2.75, 3.05) is 0 Å². The number of carbonyl (C=O) groups is 1. The van der Waals surface area contributed by atoms with Gasteiger partial charge in [0.05, 0.1) is 0 Å². The lowest BCUT2D eigenvalue weighted by Gasteiger charge is -2.07. The van der Waals surface area contributed by atoms with Crippen molar-refractivity contribution in [2.24, 2.45) is 10.8 Å². The van der Waals surface area contributed by atoms with Gasteiger partial charge in [0.25, 0.3) is 0 Å². The van der Waals surface area contributed by atoms with E-state index in [1.807, 2.05) is 0 Å². The van der Waals surface area contributed by atoms with Crippen molar-refractivity contribution in [3.8, 4) is 0 Å². The summed E-state index contributed by atoms with van der Waals surface area (Å²) in [5.74, 6) is -0.402. The first-order valence-corrected chi connectivity index (χ1v) is 5.53. The molecule has 0 aromatic heterocycles. The van der Waals surface area contributed by atoms with Crippen molar-refractivity contribution in [2.45, 2.75) is 57.9 Å². The average molecular weight is 212 g/mol. The Hall–Kier alpha value is -1.22. The zero-order valence-electron chi connectivity index (χ0n) is 9.35. The smallest absolute Gasteiger partial charge is 0.217 e. The highest BCUT2D eigenvalue weighted by molar-refractivity contribution is 5.74. The number of rotatable bonds is 9. The molecule has 0 aliphatic heterocycles. The molecule has 0 aromatic rings. The Labute approximate surface area is 90.7 Å². The topological polar surface area (TPSA) is 91.9 Å². The third kappa shape index (κ3) is 9.09. The highest BCUT2D eigenvalue weighted by Crippen LogP contribution is 2.11. The Kier molecular flexibility index (Phi) is 8.58. The lowest BCUT2D eigenvalue weighted by molar-refractivity contribution is -0.118. The maximum absolute atomic E-state index is 10.7. The van der Waals surface area contributed by atoms with Crippen LogP contribution in [0.5, 0.6) is 0 Å². The third-order valence-corrected chi connectivity index (χ3v) is 2.29. The van der Waals surface area contributed by atoms with Crippen LogP contribution in [-0.2, 0) is 4.79 Å². The van der Waals surface area contributed by atoms with E-state index >= 15 is 0 Å². The number of primary amides is 1. The number of hydrogen-bond acceptors (Lipinski definition) is 2. The van der Waals surface area contributed by atoms with Gasteiger partial charge in [-0.25, -0.2) is 0 Å². The SMILES string of the molecule is CCCCCCC[C@@H](CC(N)=O)N=[N+]=[N-]. The minimum Gasteiger partial charge on any atom is -0.370 e. The Morgan fingerprint density at radius 1 is 1.40 bits per heavy atom. The molecular weight excluding hydrogens is 192 g/mol. The third-order valence-electron chi connectivity index (χ3n) is 2.29. The van der Waals surface area contributed by atoms with E-state index in [0.29, 0.717) is 0 Å². The van der Waals surface area contributed by atoms with Gasteiger partial charge in [-0.1, -0.05) is 44.1 Å². The largest absolute Gasteiger partial charge is 0.370 e. The number of amides is 1. The predicted molar refractivity (Wildman–Crippen MR) is 60.1 cm³/mol. The van der Waals surface area contributed by atoms with Gasteiger partial charge in [-0.3, -0.25) is 4.79 Å².